The van der Waals surface area contributed by atoms with E-state index in [9.17, 15) is 29.4 Å². The highest BCUT2D eigenvalue weighted by atomic mass is 32.2. The van der Waals surface area contributed by atoms with E-state index in [0.717, 1.165) is 38.1 Å². The Morgan fingerprint density at radius 3 is 2.54 bits per heavy atom. The Morgan fingerprint density at radius 1 is 1.19 bits per heavy atom. The first-order valence-electron chi connectivity index (χ1n) is 12.5. The van der Waals surface area contributed by atoms with Crippen molar-refractivity contribution in [3.05, 3.63) is 38.3 Å². The van der Waals surface area contributed by atoms with Crippen LogP contribution in [0.1, 0.15) is 43.0 Å². The van der Waals surface area contributed by atoms with Crippen LogP contribution in [0.4, 0.5) is 0 Å². The van der Waals surface area contributed by atoms with E-state index in [-0.39, 0.29) is 63.7 Å². The van der Waals surface area contributed by atoms with E-state index in [1.54, 1.807) is 23.9 Å². The zero-order valence-electron chi connectivity index (χ0n) is 20.5. The van der Waals surface area contributed by atoms with Gasteiger partial charge < -0.3 is 19.9 Å². The average molecular weight is 545 g/mol. The fraction of sp³-hybridized carbons (Fsp3) is 0.538. The van der Waals surface area contributed by atoms with Crippen molar-refractivity contribution in [2.75, 3.05) is 7.11 Å². The molecule has 1 aromatic heterocycles. The zero-order chi connectivity index (χ0) is 26.3. The molecule has 196 valence electrons. The van der Waals surface area contributed by atoms with Gasteiger partial charge in [-0.15, -0.1) is 11.8 Å². The number of H-pyrrole nitrogens is 1. The molecule has 6 rings (SSSR count). The number of thioether (sulfide) groups is 1. The maximum Gasteiger partial charge on any atom is 0.326 e. The number of hydrogen-bond acceptors (Lipinski definition) is 8. The minimum absolute atomic E-state index is 0.00104. The Kier molecular flexibility index (Phi) is 5.72. The fourth-order valence-corrected chi connectivity index (χ4v) is 10.3. The number of fused-ring (bicyclic) bond motifs is 9. The third-order valence-corrected chi connectivity index (χ3v) is 11.2. The van der Waals surface area contributed by atoms with Gasteiger partial charge in [-0.2, -0.15) is 0 Å². The highest BCUT2D eigenvalue weighted by Crippen LogP contribution is 2.68. The molecule has 0 radical (unpaired) electrons. The van der Waals surface area contributed by atoms with Gasteiger partial charge in [0.05, 0.1) is 24.0 Å². The van der Waals surface area contributed by atoms with Gasteiger partial charge in [-0.3, -0.25) is 19.3 Å². The molecule has 3 heterocycles. The summed E-state index contributed by atoms with van der Waals surface area (Å²) in [5.41, 5.74) is 0.877. The standard InChI is InChI=1S/C26H28N2O7S2/c1-9(2)6-13(25(32)33)28-23(30)18-11-8-12(19(18)24(28)31)20-17(11)16(21-22(36-20)27-26(34)37-21)10-4-5-14(29)15(7-10)35-3/h4-5,7,9,11-13,16-20,29H,6,8H2,1-3H3,(H,27,34)(H,32,33). The number of amides is 2. The number of nitrogens with one attached hydrogen (secondary N) is 1. The highest BCUT2D eigenvalue weighted by Gasteiger charge is 2.70. The van der Waals surface area contributed by atoms with Crippen molar-refractivity contribution in [1.82, 2.24) is 9.88 Å². The number of carboxylic acid groups (broad SMARTS) is 1. The van der Waals surface area contributed by atoms with Crippen molar-refractivity contribution in [3.8, 4) is 11.5 Å². The Balaban J connectivity index is 1.43. The Morgan fingerprint density at radius 2 is 1.89 bits per heavy atom. The van der Waals surface area contributed by atoms with Crippen LogP contribution < -0.4 is 9.61 Å². The van der Waals surface area contributed by atoms with E-state index in [1.807, 2.05) is 19.9 Å². The molecule has 2 amide bonds. The molecular weight excluding hydrogens is 516 g/mol. The molecule has 2 aliphatic carbocycles. The number of benzene rings is 1. The molecule has 3 fully saturated rings. The fourth-order valence-electron chi connectivity index (χ4n) is 7.37. The second kappa shape index (κ2) is 8.62. The highest BCUT2D eigenvalue weighted by molar-refractivity contribution is 8.00. The van der Waals surface area contributed by atoms with Crippen LogP contribution in [-0.4, -0.2) is 56.3 Å². The number of carbonyl (C=O) groups is 3. The summed E-state index contributed by atoms with van der Waals surface area (Å²) in [6, 6.07) is 4.02. The lowest BCUT2D eigenvalue weighted by Gasteiger charge is -2.43. The van der Waals surface area contributed by atoms with E-state index in [1.165, 1.54) is 7.11 Å². The number of hydrogen-bond donors (Lipinski definition) is 3. The smallest absolute Gasteiger partial charge is 0.326 e. The van der Waals surface area contributed by atoms with Crippen LogP contribution in [0.5, 0.6) is 11.5 Å². The van der Waals surface area contributed by atoms with Crippen LogP contribution >= 0.6 is 23.1 Å². The predicted molar refractivity (Wildman–Crippen MR) is 136 cm³/mol. The molecule has 11 heteroatoms. The van der Waals surface area contributed by atoms with Gasteiger partial charge in [-0.05, 0) is 54.2 Å². The van der Waals surface area contributed by atoms with Crippen molar-refractivity contribution >= 4 is 40.9 Å². The maximum absolute atomic E-state index is 13.8. The number of methoxy groups -OCH3 is 1. The number of phenolic OH excluding ortho intramolecular Hbond substituents is 1. The summed E-state index contributed by atoms with van der Waals surface area (Å²) >= 11 is 2.73. The normalized spacial score (nSPS) is 32.4. The zero-order valence-corrected chi connectivity index (χ0v) is 22.2. The van der Waals surface area contributed by atoms with Crippen molar-refractivity contribution in [3.63, 3.8) is 0 Å². The number of aromatic hydroxyl groups is 1. The average Bonchev–Trinajstić information content (AvgIpc) is 3.57. The van der Waals surface area contributed by atoms with Gasteiger partial charge in [0.15, 0.2) is 11.5 Å². The van der Waals surface area contributed by atoms with Gasteiger partial charge >= 0.3 is 10.8 Å². The van der Waals surface area contributed by atoms with Crippen molar-refractivity contribution in [1.29, 1.82) is 0 Å². The number of rotatable bonds is 6. The Hall–Kier alpha value is -2.79. The Labute approximate surface area is 221 Å². The van der Waals surface area contributed by atoms with E-state index < -0.39 is 23.8 Å². The summed E-state index contributed by atoms with van der Waals surface area (Å²) in [5.74, 6) is -3.02. The lowest BCUT2D eigenvalue weighted by Crippen LogP contribution is -2.47. The molecule has 2 bridgehead atoms. The third-order valence-electron chi connectivity index (χ3n) is 8.61. The monoisotopic (exact) mass is 544 g/mol. The number of ether oxygens (including phenoxy) is 1. The SMILES string of the molecule is COc1cc(C2c3sc(=O)[nH]c3SC3C4CC(C5C(=O)N(C(CC(C)C)C(=O)O)C(=O)C45)C23)ccc1O. The quantitative estimate of drug-likeness (QED) is 0.472. The van der Waals surface area contributed by atoms with E-state index in [4.69, 9.17) is 4.74 Å². The summed E-state index contributed by atoms with van der Waals surface area (Å²) in [4.78, 5) is 56.7. The second-order valence-corrected chi connectivity index (χ2v) is 13.1. The molecular formula is C26H28N2O7S2. The van der Waals surface area contributed by atoms with Crippen LogP contribution in [0.3, 0.4) is 0 Å². The van der Waals surface area contributed by atoms with Gasteiger partial charge in [-0.25, -0.2) is 4.79 Å². The van der Waals surface area contributed by atoms with E-state index in [2.05, 4.69) is 4.98 Å². The number of carbonyl (C=O) groups excluding carboxylic acids is 2. The molecule has 9 nitrogen and oxygen atoms in total. The molecule has 2 aromatic rings. The molecule has 37 heavy (non-hydrogen) atoms. The summed E-state index contributed by atoms with van der Waals surface area (Å²) in [6.45, 7) is 3.76. The number of likely N-dealkylation sites (tertiary alicyclic amines) is 1. The number of aliphatic carboxylic acids is 1. The summed E-state index contributed by atoms with van der Waals surface area (Å²) in [7, 11) is 1.48. The molecule has 3 N–H and O–H groups in total. The minimum Gasteiger partial charge on any atom is -0.504 e. The molecule has 1 saturated heterocycles. The third kappa shape index (κ3) is 3.49. The summed E-state index contributed by atoms with van der Waals surface area (Å²) in [5, 5.41) is 20.9. The number of phenols is 1. The maximum atomic E-state index is 13.8. The predicted octanol–water partition coefficient (Wildman–Crippen LogP) is 3.12. The van der Waals surface area contributed by atoms with Crippen molar-refractivity contribution in [2.45, 2.75) is 48.9 Å². The molecule has 2 aliphatic heterocycles. The van der Waals surface area contributed by atoms with Gasteiger partial charge in [0.25, 0.3) is 0 Å². The summed E-state index contributed by atoms with van der Waals surface area (Å²) < 4.78 is 5.36. The lowest BCUT2D eigenvalue weighted by molar-refractivity contribution is -0.156. The number of nitrogens with zero attached hydrogens (tertiary/aromatic N) is 1. The lowest BCUT2D eigenvalue weighted by atomic mass is 9.68. The van der Waals surface area contributed by atoms with Crippen LogP contribution in [0.15, 0.2) is 28.0 Å². The molecule has 0 spiro atoms. The van der Waals surface area contributed by atoms with E-state index in [0.29, 0.717) is 5.75 Å². The topological polar surface area (TPSA) is 137 Å². The van der Waals surface area contributed by atoms with Gasteiger partial charge in [0, 0.05) is 16.0 Å². The first kappa shape index (κ1) is 24.5. The molecule has 8 atom stereocenters. The van der Waals surface area contributed by atoms with Crippen LogP contribution in [-0.2, 0) is 14.4 Å². The van der Waals surface area contributed by atoms with Crippen LogP contribution in [0.25, 0.3) is 0 Å². The number of imide groups is 1. The largest absolute Gasteiger partial charge is 0.504 e. The molecule has 1 aromatic carbocycles. The number of thiazole rings is 1. The molecule has 8 unspecified atom stereocenters. The van der Waals surface area contributed by atoms with E-state index >= 15 is 0 Å². The number of carboxylic acids is 1. The Bertz CT molecular complexity index is 1370. The van der Waals surface area contributed by atoms with Gasteiger partial charge in [-0.1, -0.05) is 31.3 Å². The summed E-state index contributed by atoms with van der Waals surface area (Å²) in [6.07, 6.45) is 0.938. The van der Waals surface area contributed by atoms with Crippen molar-refractivity contribution in [2.24, 2.45) is 35.5 Å². The van der Waals surface area contributed by atoms with Crippen LogP contribution in [0.2, 0.25) is 0 Å². The first-order valence-corrected chi connectivity index (χ1v) is 14.2. The first-order chi connectivity index (χ1) is 17.6. The van der Waals surface area contributed by atoms with Gasteiger partial charge in [0.2, 0.25) is 11.8 Å². The van der Waals surface area contributed by atoms with Gasteiger partial charge in [0.1, 0.15) is 6.04 Å². The minimum atomic E-state index is -1.16. The second-order valence-electron chi connectivity index (χ2n) is 10.9. The molecule has 4 aliphatic rings. The number of aromatic amines is 1. The van der Waals surface area contributed by atoms with Crippen molar-refractivity contribution < 1.29 is 29.3 Å². The molecule has 2 saturated carbocycles. The van der Waals surface area contributed by atoms with Crippen LogP contribution in [0, 0.1) is 35.5 Å². The number of aromatic nitrogens is 1.